The van der Waals surface area contributed by atoms with Crippen molar-refractivity contribution in [3.63, 3.8) is 0 Å². The Morgan fingerprint density at radius 2 is 1.62 bits per heavy atom. The Morgan fingerprint density at radius 3 is 2.25 bits per heavy atom. The number of hydrogen-bond donors (Lipinski definition) is 0. The van der Waals surface area contributed by atoms with Crippen molar-refractivity contribution in [3.8, 4) is 11.1 Å². The summed E-state index contributed by atoms with van der Waals surface area (Å²) < 4.78 is 0. The molecule has 16 heavy (non-hydrogen) atoms. The second kappa shape index (κ2) is 4.30. The van der Waals surface area contributed by atoms with Crippen LogP contribution < -0.4 is 4.90 Å². The number of hydrogen-bond acceptors (Lipinski definition) is 2. The van der Waals surface area contributed by atoms with Crippen LogP contribution >= 0.6 is 11.3 Å². The Bertz CT molecular complexity index is 438. The largest absolute Gasteiger partial charge is 0.372 e. The molecule has 1 saturated heterocycles. The van der Waals surface area contributed by atoms with Gasteiger partial charge < -0.3 is 4.90 Å². The van der Waals surface area contributed by atoms with E-state index in [1.807, 2.05) is 0 Å². The number of anilines is 1. The molecule has 0 unspecified atom stereocenters. The first-order chi connectivity index (χ1) is 7.93. The molecule has 1 fully saturated rings. The lowest BCUT2D eigenvalue weighted by Gasteiger charge is -2.17. The first-order valence-corrected chi connectivity index (χ1v) is 6.75. The van der Waals surface area contributed by atoms with Crippen LogP contribution in [0.3, 0.4) is 0 Å². The van der Waals surface area contributed by atoms with Crippen molar-refractivity contribution in [1.82, 2.24) is 0 Å². The average molecular weight is 229 g/mol. The van der Waals surface area contributed by atoms with E-state index in [0.717, 1.165) is 0 Å². The Morgan fingerprint density at radius 1 is 0.875 bits per heavy atom. The van der Waals surface area contributed by atoms with Crippen molar-refractivity contribution in [2.24, 2.45) is 0 Å². The molecule has 0 amide bonds. The zero-order valence-electron chi connectivity index (χ0n) is 9.23. The highest BCUT2D eigenvalue weighted by molar-refractivity contribution is 7.08. The molecule has 1 aliphatic heterocycles. The van der Waals surface area contributed by atoms with Gasteiger partial charge in [-0.05, 0) is 52.9 Å². The van der Waals surface area contributed by atoms with Gasteiger partial charge in [0.15, 0.2) is 0 Å². The molecule has 1 nitrogen and oxygen atoms in total. The summed E-state index contributed by atoms with van der Waals surface area (Å²) >= 11 is 1.75. The summed E-state index contributed by atoms with van der Waals surface area (Å²) in [6.45, 7) is 2.44. The van der Waals surface area contributed by atoms with Crippen molar-refractivity contribution >= 4 is 17.0 Å². The fourth-order valence-corrected chi connectivity index (χ4v) is 2.93. The van der Waals surface area contributed by atoms with E-state index in [-0.39, 0.29) is 0 Å². The van der Waals surface area contributed by atoms with Gasteiger partial charge in [0.1, 0.15) is 0 Å². The summed E-state index contributed by atoms with van der Waals surface area (Å²) in [4.78, 5) is 2.47. The minimum absolute atomic E-state index is 1.22. The molecular formula is C14H15NS. The van der Waals surface area contributed by atoms with Gasteiger partial charge in [-0.2, -0.15) is 11.3 Å². The third-order valence-corrected chi connectivity index (χ3v) is 3.88. The second-order valence-electron chi connectivity index (χ2n) is 4.25. The lowest BCUT2D eigenvalue weighted by atomic mass is 10.1. The molecule has 0 spiro atoms. The number of nitrogens with zero attached hydrogens (tertiary/aromatic N) is 1. The fourth-order valence-electron chi connectivity index (χ4n) is 2.27. The van der Waals surface area contributed by atoms with E-state index in [9.17, 15) is 0 Å². The molecule has 1 aromatic heterocycles. The zero-order chi connectivity index (χ0) is 10.8. The van der Waals surface area contributed by atoms with Crippen LogP contribution in [-0.2, 0) is 0 Å². The zero-order valence-corrected chi connectivity index (χ0v) is 10.0. The average Bonchev–Trinajstić information content (AvgIpc) is 3.03. The number of rotatable bonds is 2. The molecule has 1 aliphatic rings. The summed E-state index contributed by atoms with van der Waals surface area (Å²) in [6, 6.07) is 11.1. The molecular weight excluding hydrogens is 214 g/mol. The smallest absolute Gasteiger partial charge is 0.0366 e. The molecule has 0 N–H and O–H groups in total. The SMILES string of the molecule is c1cc(-c2ccc(N3CCCC3)cc2)cs1. The highest BCUT2D eigenvalue weighted by Gasteiger charge is 2.11. The Labute approximate surface area is 100 Å². The van der Waals surface area contributed by atoms with Gasteiger partial charge in [0, 0.05) is 18.8 Å². The van der Waals surface area contributed by atoms with Gasteiger partial charge in [-0.25, -0.2) is 0 Å². The number of benzene rings is 1. The monoisotopic (exact) mass is 229 g/mol. The van der Waals surface area contributed by atoms with Gasteiger partial charge >= 0.3 is 0 Å². The maximum atomic E-state index is 2.47. The van der Waals surface area contributed by atoms with E-state index in [0.29, 0.717) is 0 Å². The highest BCUT2D eigenvalue weighted by atomic mass is 32.1. The molecule has 0 aliphatic carbocycles. The van der Waals surface area contributed by atoms with E-state index >= 15 is 0 Å². The standard InChI is InChI=1S/C14H15NS/c1-2-9-15(8-1)14-5-3-12(4-6-14)13-7-10-16-11-13/h3-7,10-11H,1-2,8-9H2. The van der Waals surface area contributed by atoms with E-state index in [4.69, 9.17) is 0 Å². The second-order valence-corrected chi connectivity index (χ2v) is 5.03. The summed E-state index contributed by atoms with van der Waals surface area (Å²) in [7, 11) is 0. The van der Waals surface area contributed by atoms with Crippen molar-refractivity contribution in [2.45, 2.75) is 12.8 Å². The molecule has 2 aromatic rings. The lowest BCUT2D eigenvalue weighted by Crippen LogP contribution is -2.17. The normalized spacial score (nSPS) is 15.6. The van der Waals surface area contributed by atoms with E-state index in [1.54, 1.807) is 11.3 Å². The summed E-state index contributed by atoms with van der Waals surface area (Å²) in [6.07, 6.45) is 2.68. The Kier molecular flexibility index (Phi) is 2.66. The molecule has 0 radical (unpaired) electrons. The Balaban J connectivity index is 1.84. The van der Waals surface area contributed by atoms with Crippen LogP contribution in [0, 0.1) is 0 Å². The quantitative estimate of drug-likeness (QED) is 0.752. The van der Waals surface area contributed by atoms with Gasteiger partial charge in [-0.15, -0.1) is 0 Å². The van der Waals surface area contributed by atoms with Crippen LogP contribution in [0.2, 0.25) is 0 Å². The number of thiophene rings is 1. The van der Waals surface area contributed by atoms with Crippen LogP contribution in [0.5, 0.6) is 0 Å². The van der Waals surface area contributed by atoms with Gasteiger partial charge in [0.05, 0.1) is 0 Å². The van der Waals surface area contributed by atoms with Gasteiger partial charge in [-0.3, -0.25) is 0 Å². The first kappa shape index (κ1) is 9.91. The predicted octanol–water partition coefficient (Wildman–Crippen LogP) is 4.02. The molecule has 1 aromatic carbocycles. The van der Waals surface area contributed by atoms with E-state index in [2.05, 4.69) is 46.0 Å². The topological polar surface area (TPSA) is 3.24 Å². The van der Waals surface area contributed by atoms with Crippen LogP contribution in [0.1, 0.15) is 12.8 Å². The maximum Gasteiger partial charge on any atom is 0.0366 e. The summed E-state index contributed by atoms with van der Waals surface area (Å²) in [5, 5.41) is 4.33. The molecule has 0 bridgehead atoms. The minimum atomic E-state index is 1.22. The first-order valence-electron chi connectivity index (χ1n) is 5.81. The summed E-state index contributed by atoms with van der Waals surface area (Å²) in [5.74, 6) is 0. The third-order valence-electron chi connectivity index (χ3n) is 3.19. The molecule has 0 saturated carbocycles. The molecule has 82 valence electrons. The van der Waals surface area contributed by atoms with Crippen molar-refractivity contribution in [1.29, 1.82) is 0 Å². The van der Waals surface area contributed by atoms with Gasteiger partial charge in [-0.1, -0.05) is 12.1 Å². The lowest BCUT2D eigenvalue weighted by molar-refractivity contribution is 0.949. The molecule has 3 rings (SSSR count). The van der Waals surface area contributed by atoms with Crippen LogP contribution in [0.4, 0.5) is 5.69 Å². The van der Waals surface area contributed by atoms with Crippen molar-refractivity contribution < 1.29 is 0 Å². The predicted molar refractivity (Wildman–Crippen MR) is 71.2 cm³/mol. The van der Waals surface area contributed by atoms with Crippen molar-refractivity contribution in [3.05, 3.63) is 41.1 Å². The maximum absolute atomic E-state index is 2.47. The van der Waals surface area contributed by atoms with Crippen LogP contribution in [0.25, 0.3) is 11.1 Å². The minimum Gasteiger partial charge on any atom is -0.372 e. The van der Waals surface area contributed by atoms with E-state index < -0.39 is 0 Å². The van der Waals surface area contributed by atoms with E-state index in [1.165, 1.54) is 42.7 Å². The van der Waals surface area contributed by atoms with Crippen molar-refractivity contribution in [2.75, 3.05) is 18.0 Å². The van der Waals surface area contributed by atoms with Crippen LogP contribution in [0.15, 0.2) is 41.1 Å². The Hall–Kier alpha value is -1.28. The fraction of sp³-hybridized carbons (Fsp3) is 0.286. The highest BCUT2D eigenvalue weighted by Crippen LogP contribution is 2.26. The van der Waals surface area contributed by atoms with Gasteiger partial charge in [0.2, 0.25) is 0 Å². The van der Waals surface area contributed by atoms with Gasteiger partial charge in [0.25, 0.3) is 0 Å². The third kappa shape index (κ3) is 1.85. The molecule has 2 heterocycles. The van der Waals surface area contributed by atoms with Crippen LogP contribution in [-0.4, -0.2) is 13.1 Å². The summed E-state index contributed by atoms with van der Waals surface area (Å²) in [5.41, 5.74) is 4.03. The molecule has 0 atom stereocenters. The molecule has 2 heteroatoms.